The van der Waals surface area contributed by atoms with Crippen LogP contribution >= 0.6 is 0 Å². The van der Waals surface area contributed by atoms with Gasteiger partial charge in [0.05, 0.1) is 6.20 Å². The van der Waals surface area contributed by atoms with Gasteiger partial charge < -0.3 is 10.4 Å². The molecule has 1 aliphatic rings. The zero-order valence-corrected chi connectivity index (χ0v) is 9.89. The average Bonchev–Trinajstić information content (AvgIpc) is 3.03. The Bertz CT molecular complexity index is 320. The van der Waals surface area contributed by atoms with Crippen molar-refractivity contribution in [1.29, 1.82) is 0 Å². The highest BCUT2D eigenvalue weighted by molar-refractivity contribution is 5.04. The molecule has 0 saturated heterocycles. The van der Waals surface area contributed by atoms with Crippen molar-refractivity contribution in [3.8, 4) is 0 Å². The molecule has 0 aromatic carbocycles. The van der Waals surface area contributed by atoms with Crippen molar-refractivity contribution in [2.24, 2.45) is 5.92 Å². The molecule has 1 heterocycles. The summed E-state index contributed by atoms with van der Waals surface area (Å²) in [6.45, 7) is 4.15. The molecule has 1 aromatic rings. The number of rotatable bonds is 7. The van der Waals surface area contributed by atoms with Crippen LogP contribution < -0.4 is 5.32 Å². The Labute approximate surface area is 96.7 Å². The molecule has 1 atom stereocenters. The number of aryl methyl sites for hydroxylation is 1. The Morgan fingerprint density at radius 3 is 3.00 bits per heavy atom. The average molecular weight is 223 g/mol. The van der Waals surface area contributed by atoms with Crippen molar-refractivity contribution < 1.29 is 5.11 Å². The van der Waals surface area contributed by atoms with E-state index in [0.717, 1.165) is 25.4 Å². The molecule has 1 saturated carbocycles. The van der Waals surface area contributed by atoms with Crippen molar-refractivity contribution in [3.63, 3.8) is 0 Å². The molecule has 0 amide bonds. The third-order valence-corrected chi connectivity index (χ3v) is 3.21. The van der Waals surface area contributed by atoms with E-state index in [1.807, 2.05) is 10.9 Å². The van der Waals surface area contributed by atoms with E-state index in [1.54, 1.807) is 0 Å². The van der Waals surface area contributed by atoms with Gasteiger partial charge in [-0.2, -0.15) is 5.10 Å². The van der Waals surface area contributed by atoms with Crippen LogP contribution in [0.2, 0.25) is 0 Å². The van der Waals surface area contributed by atoms with E-state index >= 15 is 0 Å². The van der Waals surface area contributed by atoms with Gasteiger partial charge in [0, 0.05) is 37.5 Å². The highest BCUT2D eigenvalue weighted by Gasteiger charge is 2.30. The van der Waals surface area contributed by atoms with E-state index in [-0.39, 0.29) is 6.61 Å². The summed E-state index contributed by atoms with van der Waals surface area (Å²) in [5.74, 6) is 0.786. The van der Waals surface area contributed by atoms with Crippen LogP contribution in [0.4, 0.5) is 0 Å². The second-order valence-corrected chi connectivity index (χ2v) is 4.54. The molecule has 2 N–H and O–H groups in total. The summed E-state index contributed by atoms with van der Waals surface area (Å²) >= 11 is 0. The standard InChI is InChI=1S/C12H21N3O/c1-2-15-9-10(8-14-15)7-13-12(5-6-16)11-3-4-11/h8-9,11-13,16H,2-7H2,1H3. The first kappa shape index (κ1) is 11.6. The number of hydrogen-bond donors (Lipinski definition) is 2. The van der Waals surface area contributed by atoms with E-state index < -0.39 is 0 Å². The van der Waals surface area contributed by atoms with Gasteiger partial charge in [0.1, 0.15) is 0 Å². The van der Waals surface area contributed by atoms with Crippen LogP contribution in [0, 0.1) is 5.92 Å². The van der Waals surface area contributed by atoms with Crippen molar-refractivity contribution in [2.75, 3.05) is 6.61 Å². The minimum Gasteiger partial charge on any atom is -0.396 e. The summed E-state index contributed by atoms with van der Waals surface area (Å²) in [4.78, 5) is 0. The molecule has 0 bridgehead atoms. The van der Waals surface area contributed by atoms with Crippen LogP contribution in [0.15, 0.2) is 12.4 Å². The maximum Gasteiger partial charge on any atom is 0.0534 e. The lowest BCUT2D eigenvalue weighted by Crippen LogP contribution is -2.31. The molecular weight excluding hydrogens is 202 g/mol. The van der Waals surface area contributed by atoms with E-state index in [4.69, 9.17) is 5.11 Å². The van der Waals surface area contributed by atoms with Gasteiger partial charge >= 0.3 is 0 Å². The molecule has 90 valence electrons. The normalized spacial score (nSPS) is 17.6. The van der Waals surface area contributed by atoms with E-state index in [1.165, 1.54) is 18.4 Å². The van der Waals surface area contributed by atoms with E-state index in [9.17, 15) is 0 Å². The first-order valence-electron chi connectivity index (χ1n) is 6.19. The smallest absolute Gasteiger partial charge is 0.0534 e. The SMILES string of the molecule is CCn1cc(CNC(CCO)C2CC2)cn1. The van der Waals surface area contributed by atoms with Crippen molar-refractivity contribution in [2.45, 2.75) is 45.3 Å². The zero-order valence-electron chi connectivity index (χ0n) is 9.89. The number of aliphatic hydroxyl groups is 1. The molecule has 2 rings (SSSR count). The van der Waals surface area contributed by atoms with Gasteiger partial charge in [-0.15, -0.1) is 0 Å². The second kappa shape index (κ2) is 5.46. The van der Waals surface area contributed by atoms with Gasteiger partial charge in [-0.1, -0.05) is 0 Å². The van der Waals surface area contributed by atoms with Crippen molar-refractivity contribution >= 4 is 0 Å². The molecule has 16 heavy (non-hydrogen) atoms. The van der Waals surface area contributed by atoms with Crippen LogP contribution in [0.1, 0.15) is 31.7 Å². The van der Waals surface area contributed by atoms with Crippen LogP contribution in [0.25, 0.3) is 0 Å². The van der Waals surface area contributed by atoms with Gasteiger partial charge in [0.15, 0.2) is 0 Å². The Hall–Kier alpha value is -0.870. The molecule has 0 aliphatic heterocycles. The number of hydrogen-bond acceptors (Lipinski definition) is 3. The van der Waals surface area contributed by atoms with E-state index in [0.29, 0.717) is 6.04 Å². The lowest BCUT2D eigenvalue weighted by atomic mass is 10.1. The second-order valence-electron chi connectivity index (χ2n) is 4.54. The molecule has 1 aliphatic carbocycles. The highest BCUT2D eigenvalue weighted by atomic mass is 16.3. The predicted molar refractivity (Wildman–Crippen MR) is 63.0 cm³/mol. The van der Waals surface area contributed by atoms with Gasteiger partial charge in [-0.3, -0.25) is 4.68 Å². The fourth-order valence-electron chi connectivity index (χ4n) is 2.06. The number of nitrogens with zero attached hydrogens (tertiary/aromatic N) is 2. The molecule has 1 fully saturated rings. The lowest BCUT2D eigenvalue weighted by molar-refractivity contribution is 0.255. The third kappa shape index (κ3) is 3.06. The molecule has 4 heteroatoms. The van der Waals surface area contributed by atoms with Crippen LogP contribution in [-0.2, 0) is 13.1 Å². The summed E-state index contributed by atoms with van der Waals surface area (Å²) in [7, 11) is 0. The Kier molecular flexibility index (Phi) is 3.96. The summed E-state index contributed by atoms with van der Waals surface area (Å²) in [5, 5.41) is 16.8. The first-order valence-corrected chi connectivity index (χ1v) is 6.19. The summed E-state index contributed by atoms with van der Waals surface area (Å²) in [6.07, 6.45) is 7.49. The van der Waals surface area contributed by atoms with Crippen molar-refractivity contribution in [1.82, 2.24) is 15.1 Å². The Balaban J connectivity index is 1.80. The van der Waals surface area contributed by atoms with Crippen LogP contribution in [-0.4, -0.2) is 27.5 Å². The lowest BCUT2D eigenvalue weighted by Gasteiger charge is -2.16. The Morgan fingerprint density at radius 1 is 1.62 bits per heavy atom. The quantitative estimate of drug-likeness (QED) is 0.729. The molecule has 1 unspecified atom stereocenters. The Morgan fingerprint density at radius 2 is 2.44 bits per heavy atom. The molecule has 4 nitrogen and oxygen atoms in total. The molecular formula is C12H21N3O. The summed E-state index contributed by atoms with van der Waals surface area (Å²) in [6, 6.07) is 0.481. The largest absolute Gasteiger partial charge is 0.396 e. The molecule has 0 radical (unpaired) electrons. The predicted octanol–water partition coefficient (Wildman–Crippen LogP) is 1.15. The minimum atomic E-state index is 0.280. The van der Waals surface area contributed by atoms with Gasteiger partial charge in [0.25, 0.3) is 0 Å². The van der Waals surface area contributed by atoms with Crippen LogP contribution in [0.3, 0.4) is 0 Å². The zero-order chi connectivity index (χ0) is 11.4. The van der Waals surface area contributed by atoms with Gasteiger partial charge in [0.2, 0.25) is 0 Å². The van der Waals surface area contributed by atoms with Gasteiger partial charge in [-0.05, 0) is 32.1 Å². The summed E-state index contributed by atoms with van der Waals surface area (Å²) < 4.78 is 1.94. The fraction of sp³-hybridized carbons (Fsp3) is 0.750. The fourth-order valence-corrected chi connectivity index (χ4v) is 2.06. The molecule has 1 aromatic heterocycles. The maximum absolute atomic E-state index is 9.00. The maximum atomic E-state index is 9.00. The van der Waals surface area contributed by atoms with Gasteiger partial charge in [-0.25, -0.2) is 0 Å². The first-order chi connectivity index (χ1) is 7.83. The van der Waals surface area contributed by atoms with Crippen LogP contribution in [0.5, 0.6) is 0 Å². The number of aromatic nitrogens is 2. The van der Waals surface area contributed by atoms with Crippen molar-refractivity contribution in [3.05, 3.63) is 18.0 Å². The monoisotopic (exact) mass is 223 g/mol. The minimum absolute atomic E-state index is 0.280. The van der Waals surface area contributed by atoms with E-state index in [2.05, 4.69) is 23.5 Å². The molecule has 0 spiro atoms. The number of nitrogens with one attached hydrogen (secondary N) is 1. The third-order valence-electron chi connectivity index (χ3n) is 3.21. The topological polar surface area (TPSA) is 50.1 Å². The highest BCUT2D eigenvalue weighted by Crippen LogP contribution is 2.33. The number of aliphatic hydroxyl groups excluding tert-OH is 1. The summed E-state index contributed by atoms with van der Waals surface area (Å²) in [5.41, 5.74) is 1.23.